The number of nitrogen functional groups attached to an aromatic ring is 1. The molecule has 0 aliphatic rings. The van der Waals surface area contributed by atoms with Crippen LogP contribution < -0.4 is 10.6 Å². The molecule has 0 atom stereocenters. The number of rotatable bonds is 6. The van der Waals surface area contributed by atoms with E-state index in [1.165, 1.54) is 0 Å². The van der Waals surface area contributed by atoms with Crippen LogP contribution in [0, 0.1) is 0 Å². The highest BCUT2D eigenvalue weighted by atomic mass is 16.5. The first-order chi connectivity index (χ1) is 8.56. The van der Waals surface area contributed by atoms with E-state index in [2.05, 4.69) is 0 Å². The molecule has 1 rings (SSSR count). The van der Waals surface area contributed by atoms with E-state index in [0.29, 0.717) is 30.7 Å². The standard InChI is InChI=1S/C13H20N2O3/c1-15(2)12-6-5-10(14)9-11(12)13(17)18-8-4-3-7-16/h5-6,9,16H,3-4,7-8,14H2,1-2H3. The van der Waals surface area contributed by atoms with E-state index in [-0.39, 0.29) is 12.6 Å². The van der Waals surface area contributed by atoms with Crippen molar-refractivity contribution in [1.29, 1.82) is 0 Å². The lowest BCUT2D eigenvalue weighted by Gasteiger charge is -2.17. The van der Waals surface area contributed by atoms with Crippen molar-refractivity contribution in [3.8, 4) is 0 Å². The maximum atomic E-state index is 11.9. The Kier molecular flexibility index (Phi) is 5.45. The minimum Gasteiger partial charge on any atom is -0.462 e. The number of nitrogens with zero attached hydrogens (tertiary/aromatic N) is 1. The van der Waals surface area contributed by atoms with Crippen LogP contribution in [-0.2, 0) is 4.74 Å². The van der Waals surface area contributed by atoms with Crippen LogP contribution in [-0.4, -0.2) is 38.4 Å². The van der Waals surface area contributed by atoms with Gasteiger partial charge in [-0.3, -0.25) is 0 Å². The Morgan fingerprint density at radius 3 is 2.72 bits per heavy atom. The van der Waals surface area contributed by atoms with Crippen LogP contribution >= 0.6 is 0 Å². The second-order valence-electron chi connectivity index (χ2n) is 4.24. The van der Waals surface area contributed by atoms with E-state index >= 15 is 0 Å². The Morgan fingerprint density at radius 2 is 2.11 bits per heavy atom. The zero-order chi connectivity index (χ0) is 13.5. The summed E-state index contributed by atoms with van der Waals surface area (Å²) in [5.41, 5.74) is 7.45. The fraction of sp³-hybridized carbons (Fsp3) is 0.462. The van der Waals surface area contributed by atoms with Gasteiger partial charge < -0.3 is 20.5 Å². The maximum Gasteiger partial charge on any atom is 0.340 e. The zero-order valence-electron chi connectivity index (χ0n) is 10.8. The number of aliphatic hydroxyl groups excluding tert-OH is 1. The highest BCUT2D eigenvalue weighted by Crippen LogP contribution is 2.22. The van der Waals surface area contributed by atoms with Crippen molar-refractivity contribution in [1.82, 2.24) is 0 Å². The van der Waals surface area contributed by atoms with Gasteiger partial charge >= 0.3 is 5.97 Å². The summed E-state index contributed by atoms with van der Waals surface area (Å²) in [5, 5.41) is 8.64. The van der Waals surface area contributed by atoms with Gasteiger partial charge in [0.1, 0.15) is 0 Å². The molecule has 0 bridgehead atoms. The number of hydrogen-bond acceptors (Lipinski definition) is 5. The van der Waals surface area contributed by atoms with Gasteiger partial charge in [-0.2, -0.15) is 0 Å². The lowest BCUT2D eigenvalue weighted by atomic mass is 10.1. The van der Waals surface area contributed by atoms with Crippen molar-refractivity contribution in [3.63, 3.8) is 0 Å². The predicted molar refractivity (Wildman–Crippen MR) is 71.8 cm³/mol. The van der Waals surface area contributed by atoms with Crippen molar-refractivity contribution in [2.45, 2.75) is 12.8 Å². The topological polar surface area (TPSA) is 75.8 Å². The van der Waals surface area contributed by atoms with Crippen molar-refractivity contribution in [2.24, 2.45) is 0 Å². The van der Waals surface area contributed by atoms with E-state index < -0.39 is 0 Å². The molecule has 1 aromatic carbocycles. The Labute approximate surface area is 107 Å². The number of ether oxygens (including phenoxy) is 1. The van der Waals surface area contributed by atoms with Crippen LogP contribution in [0.1, 0.15) is 23.2 Å². The smallest absolute Gasteiger partial charge is 0.340 e. The molecule has 3 N–H and O–H groups in total. The lowest BCUT2D eigenvalue weighted by molar-refractivity contribution is 0.0493. The molecule has 5 heteroatoms. The Balaban J connectivity index is 2.74. The average Bonchev–Trinajstić information content (AvgIpc) is 2.34. The Bertz CT molecular complexity index is 405. The van der Waals surface area contributed by atoms with E-state index in [4.69, 9.17) is 15.6 Å². The van der Waals surface area contributed by atoms with Gasteiger partial charge in [-0.05, 0) is 31.0 Å². The van der Waals surface area contributed by atoms with Crippen LogP contribution in [0.25, 0.3) is 0 Å². The maximum absolute atomic E-state index is 11.9. The molecular formula is C13H20N2O3. The molecule has 0 radical (unpaired) electrons. The number of nitrogens with two attached hydrogens (primary N) is 1. The number of esters is 1. The first-order valence-corrected chi connectivity index (χ1v) is 5.91. The fourth-order valence-electron chi connectivity index (χ4n) is 1.56. The zero-order valence-corrected chi connectivity index (χ0v) is 10.8. The summed E-state index contributed by atoms with van der Waals surface area (Å²) >= 11 is 0. The minimum atomic E-state index is -0.385. The molecule has 0 saturated heterocycles. The van der Waals surface area contributed by atoms with Gasteiger partial charge in [0, 0.05) is 26.4 Å². The van der Waals surface area contributed by atoms with Crippen LogP contribution in [0.15, 0.2) is 18.2 Å². The molecule has 0 aromatic heterocycles. The molecule has 0 saturated carbocycles. The molecule has 0 spiro atoms. The molecule has 18 heavy (non-hydrogen) atoms. The van der Waals surface area contributed by atoms with Gasteiger partial charge in [0.25, 0.3) is 0 Å². The van der Waals surface area contributed by atoms with Gasteiger partial charge in [-0.1, -0.05) is 0 Å². The number of anilines is 2. The molecule has 0 aliphatic carbocycles. The van der Waals surface area contributed by atoms with Gasteiger partial charge in [0.2, 0.25) is 0 Å². The van der Waals surface area contributed by atoms with Crippen LogP contribution in [0.4, 0.5) is 11.4 Å². The third kappa shape index (κ3) is 3.92. The summed E-state index contributed by atoms with van der Waals surface area (Å²) in [7, 11) is 3.71. The minimum absolute atomic E-state index is 0.110. The highest BCUT2D eigenvalue weighted by Gasteiger charge is 2.14. The lowest BCUT2D eigenvalue weighted by Crippen LogP contribution is -2.16. The summed E-state index contributed by atoms with van der Waals surface area (Å²) in [6.45, 7) is 0.417. The largest absolute Gasteiger partial charge is 0.462 e. The van der Waals surface area contributed by atoms with Crippen molar-refractivity contribution < 1.29 is 14.6 Å². The number of aliphatic hydroxyl groups is 1. The number of unbranched alkanes of at least 4 members (excludes halogenated alkanes) is 1. The first-order valence-electron chi connectivity index (χ1n) is 5.91. The summed E-state index contributed by atoms with van der Waals surface area (Å²) in [5.74, 6) is -0.385. The monoisotopic (exact) mass is 252 g/mol. The first kappa shape index (κ1) is 14.3. The number of benzene rings is 1. The number of carbonyl (C=O) groups excluding carboxylic acids is 1. The molecule has 0 heterocycles. The molecule has 0 unspecified atom stereocenters. The second kappa shape index (κ2) is 6.86. The highest BCUT2D eigenvalue weighted by molar-refractivity contribution is 5.96. The molecule has 0 amide bonds. The number of hydrogen-bond donors (Lipinski definition) is 2. The normalized spacial score (nSPS) is 10.2. The van der Waals surface area contributed by atoms with Gasteiger partial charge in [-0.25, -0.2) is 4.79 Å². The van der Waals surface area contributed by atoms with Crippen molar-refractivity contribution in [2.75, 3.05) is 37.9 Å². The molecule has 0 aliphatic heterocycles. The summed E-state index contributed by atoms with van der Waals surface area (Å²) < 4.78 is 5.14. The predicted octanol–water partition coefficient (Wildman–Crippen LogP) is 1.26. The summed E-state index contributed by atoms with van der Waals surface area (Å²) in [6.07, 6.45) is 1.28. The second-order valence-corrected chi connectivity index (χ2v) is 4.24. The van der Waals surface area contributed by atoms with Crippen LogP contribution in [0.2, 0.25) is 0 Å². The molecule has 100 valence electrons. The van der Waals surface area contributed by atoms with E-state index in [1.807, 2.05) is 19.0 Å². The van der Waals surface area contributed by atoms with Crippen molar-refractivity contribution >= 4 is 17.3 Å². The summed E-state index contributed by atoms with van der Waals surface area (Å²) in [4.78, 5) is 13.8. The van der Waals surface area contributed by atoms with Gasteiger partial charge in [0.05, 0.1) is 17.9 Å². The SMILES string of the molecule is CN(C)c1ccc(N)cc1C(=O)OCCCCO. The summed E-state index contributed by atoms with van der Waals surface area (Å²) in [6, 6.07) is 5.15. The Hall–Kier alpha value is -1.75. The average molecular weight is 252 g/mol. The quantitative estimate of drug-likeness (QED) is 0.453. The van der Waals surface area contributed by atoms with Crippen molar-refractivity contribution in [3.05, 3.63) is 23.8 Å². The third-order valence-electron chi connectivity index (χ3n) is 2.51. The fourth-order valence-corrected chi connectivity index (χ4v) is 1.56. The molecule has 0 fully saturated rings. The van der Waals surface area contributed by atoms with Gasteiger partial charge in [-0.15, -0.1) is 0 Å². The molecular weight excluding hydrogens is 232 g/mol. The van der Waals surface area contributed by atoms with E-state index in [1.54, 1.807) is 18.2 Å². The van der Waals surface area contributed by atoms with Crippen LogP contribution in [0.3, 0.4) is 0 Å². The van der Waals surface area contributed by atoms with Crippen LogP contribution in [0.5, 0.6) is 0 Å². The Morgan fingerprint density at radius 1 is 1.39 bits per heavy atom. The number of carbonyl (C=O) groups is 1. The third-order valence-corrected chi connectivity index (χ3v) is 2.51. The van der Waals surface area contributed by atoms with E-state index in [0.717, 1.165) is 5.69 Å². The van der Waals surface area contributed by atoms with E-state index in [9.17, 15) is 4.79 Å². The molecule has 5 nitrogen and oxygen atoms in total. The molecule has 1 aromatic rings. The van der Waals surface area contributed by atoms with Gasteiger partial charge in [0.15, 0.2) is 0 Å².